The quantitative estimate of drug-likeness (QED) is 0.893. The average Bonchev–Trinajstić information content (AvgIpc) is 2.83. The Morgan fingerprint density at radius 1 is 1.52 bits per heavy atom. The number of anilines is 2. The van der Waals surface area contributed by atoms with Crippen LogP contribution in [0.3, 0.4) is 0 Å². The molecule has 2 aromatic rings. The van der Waals surface area contributed by atoms with Gasteiger partial charge in [0, 0.05) is 24.3 Å². The molecule has 0 bridgehead atoms. The van der Waals surface area contributed by atoms with Crippen LogP contribution in [0.25, 0.3) is 0 Å². The molecule has 1 aromatic carbocycles. The second-order valence-corrected chi connectivity index (χ2v) is 5.77. The first-order valence-electron chi connectivity index (χ1n) is 6.88. The summed E-state index contributed by atoms with van der Waals surface area (Å²) >= 11 is 3.28. The smallest absolute Gasteiger partial charge is 0.251 e. The standard InChI is InChI=1S/C14H16BrN5O/c1-3-20-14(18-13(15)19-20)17-9-4-5-10-11(6-9)8(2)7-16-12(10)21/h4-6,8H,3,7H2,1-2H3,(H,16,21)(H,17,18,19). The molecule has 1 unspecified atom stereocenters. The van der Waals surface area contributed by atoms with Gasteiger partial charge in [0.25, 0.3) is 5.91 Å². The lowest BCUT2D eigenvalue weighted by Crippen LogP contribution is -2.33. The number of fused-ring (bicyclic) bond motifs is 1. The molecular formula is C14H16BrN5O. The Labute approximate surface area is 131 Å². The number of amides is 1. The van der Waals surface area contributed by atoms with Crippen molar-refractivity contribution < 1.29 is 4.79 Å². The number of nitrogens with zero attached hydrogens (tertiary/aromatic N) is 3. The van der Waals surface area contributed by atoms with E-state index in [1.807, 2.05) is 25.1 Å². The Kier molecular flexibility index (Phi) is 3.67. The van der Waals surface area contributed by atoms with Gasteiger partial charge in [0.1, 0.15) is 0 Å². The van der Waals surface area contributed by atoms with Crippen LogP contribution in [-0.4, -0.2) is 27.2 Å². The summed E-state index contributed by atoms with van der Waals surface area (Å²) in [5.74, 6) is 0.974. The first kappa shape index (κ1) is 14.1. The molecule has 1 aliphatic rings. The predicted octanol–water partition coefficient (Wildman–Crippen LogP) is 2.65. The molecule has 2 N–H and O–H groups in total. The number of rotatable bonds is 3. The van der Waals surface area contributed by atoms with Crippen LogP contribution in [0.4, 0.5) is 11.6 Å². The van der Waals surface area contributed by atoms with Crippen molar-refractivity contribution in [2.24, 2.45) is 0 Å². The molecule has 6 nitrogen and oxygen atoms in total. The van der Waals surface area contributed by atoms with E-state index < -0.39 is 0 Å². The Morgan fingerprint density at radius 2 is 2.33 bits per heavy atom. The van der Waals surface area contributed by atoms with Gasteiger partial charge in [-0.3, -0.25) is 4.79 Å². The number of hydrogen-bond donors (Lipinski definition) is 2. The third-order valence-electron chi connectivity index (χ3n) is 3.60. The number of benzene rings is 1. The summed E-state index contributed by atoms with van der Waals surface area (Å²) in [5, 5.41) is 10.4. The summed E-state index contributed by atoms with van der Waals surface area (Å²) in [4.78, 5) is 16.1. The second-order valence-electron chi connectivity index (χ2n) is 5.06. The molecule has 2 heterocycles. The maximum atomic E-state index is 11.8. The van der Waals surface area contributed by atoms with Crippen molar-refractivity contribution >= 4 is 33.5 Å². The maximum absolute atomic E-state index is 11.8. The van der Waals surface area contributed by atoms with Crippen molar-refractivity contribution in [3.8, 4) is 0 Å². The molecule has 21 heavy (non-hydrogen) atoms. The fraction of sp³-hybridized carbons (Fsp3) is 0.357. The lowest BCUT2D eigenvalue weighted by Gasteiger charge is -2.23. The van der Waals surface area contributed by atoms with Gasteiger partial charge in [0.05, 0.1) is 0 Å². The van der Waals surface area contributed by atoms with Crippen molar-refractivity contribution in [1.29, 1.82) is 0 Å². The van der Waals surface area contributed by atoms with Gasteiger partial charge >= 0.3 is 0 Å². The van der Waals surface area contributed by atoms with Crippen LogP contribution >= 0.6 is 15.9 Å². The van der Waals surface area contributed by atoms with Gasteiger partial charge in [-0.15, -0.1) is 5.10 Å². The van der Waals surface area contributed by atoms with Gasteiger partial charge in [-0.05, 0) is 52.5 Å². The first-order valence-corrected chi connectivity index (χ1v) is 7.67. The second kappa shape index (κ2) is 5.48. The fourth-order valence-corrected chi connectivity index (χ4v) is 2.82. The summed E-state index contributed by atoms with van der Waals surface area (Å²) in [6, 6.07) is 5.75. The Bertz CT molecular complexity index is 697. The molecule has 7 heteroatoms. The highest BCUT2D eigenvalue weighted by Gasteiger charge is 2.22. The third-order valence-corrected chi connectivity index (χ3v) is 3.93. The van der Waals surface area contributed by atoms with Crippen molar-refractivity contribution in [2.75, 3.05) is 11.9 Å². The highest BCUT2D eigenvalue weighted by Crippen LogP contribution is 2.28. The molecule has 0 saturated carbocycles. The van der Waals surface area contributed by atoms with Gasteiger partial charge in [0.15, 0.2) is 0 Å². The van der Waals surface area contributed by atoms with E-state index in [0.29, 0.717) is 23.1 Å². The SMILES string of the molecule is CCn1nc(Br)nc1Nc1ccc2c(c1)C(C)CNC2=O. The molecule has 1 amide bonds. The summed E-state index contributed by atoms with van der Waals surface area (Å²) in [7, 11) is 0. The number of carbonyl (C=O) groups excluding carboxylic acids is 1. The molecule has 0 fully saturated rings. The number of nitrogens with one attached hydrogen (secondary N) is 2. The summed E-state index contributed by atoms with van der Waals surface area (Å²) in [6.07, 6.45) is 0. The van der Waals surface area contributed by atoms with Crippen LogP contribution in [-0.2, 0) is 6.54 Å². The molecule has 3 rings (SSSR count). The molecule has 1 atom stereocenters. The van der Waals surface area contributed by atoms with Crippen LogP contribution < -0.4 is 10.6 Å². The highest BCUT2D eigenvalue weighted by molar-refractivity contribution is 9.10. The van der Waals surface area contributed by atoms with Crippen molar-refractivity contribution in [1.82, 2.24) is 20.1 Å². The summed E-state index contributed by atoms with van der Waals surface area (Å²) < 4.78 is 2.33. The zero-order valence-electron chi connectivity index (χ0n) is 11.9. The third kappa shape index (κ3) is 2.65. The minimum absolute atomic E-state index is 0.00544. The van der Waals surface area contributed by atoms with Crippen LogP contribution in [0.5, 0.6) is 0 Å². The van der Waals surface area contributed by atoms with E-state index in [1.165, 1.54) is 0 Å². The number of aromatic nitrogens is 3. The molecule has 0 aliphatic carbocycles. The molecule has 0 saturated heterocycles. The minimum Gasteiger partial charge on any atom is -0.351 e. The molecule has 1 aliphatic heterocycles. The average molecular weight is 350 g/mol. The van der Waals surface area contributed by atoms with Crippen LogP contribution in [0.2, 0.25) is 0 Å². The van der Waals surface area contributed by atoms with Crippen molar-refractivity contribution in [3.05, 3.63) is 34.1 Å². The van der Waals surface area contributed by atoms with Gasteiger partial charge in [-0.25, -0.2) is 4.68 Å². The largest absolute Gasteiger partial charge is 0.351 e. The number of hydrogen-bond acceptors (Lipinski definition) is 4. The molecule has 1 aromatic heterocycles. The van der Waals surface area contributed by atoms with Crippen molar-refractivity contribution in [2.45, 2.75) is 26.3 Å². The van der Waals surface area contributed by atoms with E-state index in [0.717, 1.165) is 23.4 Å². The maximum Gasteiger partial charge on any atom is 0.251 e. The lowest BCUT2D eigenvalue weighted by atomic mass is 9.91. The predicted molar refractivity (Wildman–Crippen MR) is 83.9 cm³/mol. The van der Waals surface area contributed by atoms with Crippen LogP contribution in [0, 0.1) is 0 Å². The van der Waals surface area contributed by atoms with Gasteiger partial charge in [0.2, 0.25) is 10.7 Å². The summed E-state index contributed by atoms with van der Waals surface area (Å²) in [6.45, 7) is 5.51. The molecule has 0 radical (unpaired) electrons. The van der Waals surface area contributed by atoms with E-state index >= 15 is 0 Å². The van der Waals surface area contributed by atoms with E-state index in [4.69, 9.17) is 0 Å². The van der Waals surface area contributed by atoms with Crippen molar-refractivity contribution in [3.63, 3.8) is 0 Å². The van der Waals surface area contributed by atoms with E-state index in [9.17, 15) is 4.79 Å². The van der Waals surface area contributed by atoms with E-state index in [-0.39, 0.29) is 5.91 Å². The van der Waals surface area contributed by atoms with Gasteiger partial charge in [-0.2, -0.15) is 4.98 Å². The Balaban J connectivity index is 1.93. The lowest BCUT2D eigenvalue weighted by molar-refractivity contribution is 0.0941. The van der Waals surface area contributed by atoms with E-state index in [2.05, 4.69) is 43.6 Å². The fourth-order valence-electron chi connectivity index (χ4n) is 2.46. The Morgan fingerprint density at radius 3 is 3.10 bits per heavy atom. The summed E-state index contributed by atoms with van der Waals surface area (Å²) in [5.41, 5.74) is 2.72. The Hall–Kier alpha value is -1.89. The van der Waals surface area contributed by atoms with Gasteiger partial charge < -0.3 is 10.6 Å². The van der Waals surface area contributed by atoms with Gasteiger partial charge in [-0.1, -0.05) is 6.92 Å². The normalized spacial score (nSPS) is 17.3. The minimum atomic E-state index is -0.00544. The first-order chi connectivity index (χ1) is 10.1. The van der Waals surface area contributed by atoms with Crippen LogP contribution in [0.1, 0.15) is 35.7 Å². The molecule has 110 valence electrons. The number of carbonyl (C=O) groups is 1. The monoisotopic (exact) mass is 349 g/mol. The zero-order valence-corrected chi connectivity index (χ0v) is 13.4. The van der Waals surface area contributed by atoms with Crippen LogP contribution in [0.15, 0.2) is 22.9 Å². The number of aryl methyl sites for hydroxylation is 1. The highest BCUT2D eigenvalue weighted by atomic mass is 79.9. The molecule has 0 spiro atoms. The topological polar surface area (TPSA) is 71.8 Å². The number of halogens is 1. The zero-order chi connectivity index (χ0) is 15.0. The molecular weight excluding hydrogens is 334 g/mol. The van der Waals surface area contributed by atoms with E-state index in [1.54, 1.807) is 4.68 Å².